The van der Waals surface area contributed by atoms with Crippen molar-refractivity contribution in [1.29, 1.82) is 0 Å². The number of nitrogens with two attached hydrogens (primary N) is 8. The van der Waals surface area contributed by atoms with Crippen LogP contribution in [-0.4, -0.2) is 186 Å². The number of aliphatic hydroxyl groups excluding tert-OH is 8. The zero-order valence-electron chi connectivity index (χ0n) is 29.1. The molecule has 3 aliphatic rings. The van der Waals surface area contributed by atoms with Gasteiger partial charge in [-0.05, 0) is 19.4 Å². The SMILES string of the molecule is NC(N)=NC(=O)c1nc(Cl)c(N)nc1N.NCC[C@H](O)C(=O)N[C@@H]1C[C@H](N)[C@@H](O[C@H]2O[C@H](CN)[C@@H](O)[C@H](O)[C@H]2O)[C@H](O)[C@H]1O[C@H]1O[C@H](CO)[C@@H](O)[C@H](N)[C@H]1O. The summed E-state index contributed by atoms with van der Waals surface area (Å²) in [7, 11) is 0. The normalized spacial score (nSPS) is 36.9. The van der Waals surface area contributed by atoms with E-state index in [0.29, 0.717) is 0 Å². The van der Waals surface area contributed by atoms with E-state index in [4.69, 9.17) is 76.4 Å². The summed E-state index contributed by atoms with van der Waals surface area (Å²) in [5.41, 5.74) is 43.5. The Labute approximate surface area is 317 Å². The third kappa shape index (κ3) is 11.2. The van der Waals surface area contributed by atoms with Gasteiger partial charge in [-0.25, -0.2) is 9.97 Å². The Bertz CT molecular complexity index is 1470. The number of carbonyl (C=O) groups is 2. The van der Waals surface area contributed by atoms with E-state index < -0.39 is 122 Å². The highest BCUT2D eigenvalue weighted by Crippen LogP contribution is 2.32. The van der Waals surface area contributed by atoms with Crippen molar-refractivity contribution in [2.24, 2.45) is 39.4 Å². The van der Waals surface area contributed by atoms with Crippen LogP contribution < -0.4 is 51.2 Å². The Morgan fingerprint density at radius 1 is 0.873 bits per heavy atom. The summed E-state index contributed by atoms with van der Waals surface area (Å²) in [6, 6.07) is -3.45. The molecule has 4 rings (SSSR count). The molecule has 1 aliphatic carbocycles. The van der Waals surface area contributed by atoms with Gasteiger partial charge in [0.15, 0.2) is 41.0 Å². The quantitative estimate of drug-likeness (QED) is 0.0728. The molecule has 0 unspecified atom stereocenters. The number of anilines is 2. The molecule has 3 heterocycles. The molecule has 3 fully saturated rings. The molecule has 1 aromatic rings. The molecule has 314 valence electrons. The molecule has 1 aromatic heterocycles. The minimum Gasteiger partial charge on any atom is -0.394 e. The average molecular weight is 815 g/mol. The Morgan fingerprint density at radius 3 is 2.05 bits per heavy atom. The summed E-state index contributed by atoms with van der Waals surface area (Å²) >= 11 is 5.55. The van der Waals surface area contributed by atoms with Crippen LogP contribution >= 0.6 is 11.6 Å². The number of hydrogen-bond acceptors (Lipinski definition) is 22. The summed E-state index contributed by atoms with van der Waals surface area (Å²) in [6.07, 6.45) is -19.8. The van der Waals surface area contributed by atoms with Gasteiger partial charge in [-0.3, -0.25) is 9.59 Å². The van der Waals surface area contributed by atoms with Gasteiger partial charge in [0, 0.05) is 12.6 Å². The predicted octanol–water partition coefficient (Wildman–Crippen LogP) is -9.72. The first-order chi connectivity index (χ1) is 25.8. The predicted molar refractivity (Wildman–Crippen MR) is 187 cm³/mol. The molecular weight excluding hydrogens is 764 g/mol. The topological polar surface area (TPSA) is 491 Å². The minimum atomic E-state index is -1.76. The van der Waals surface area contributed by atoms with Gasteiger partial charge in [-0.15, -0.1) is 0 Å². The number of hydrogen-bond donors (Lipinski definition) is 17. The van der Waals surface area contributed by atoms with Crippen molar-refractivity contribution in [3.8, 4) is 0 Å². The maximum Gasteiger partial charge on any atom is 0.302 e. The van der Waals surface area contributed by atoms with Gasteiger partial charge in [0.1, 0.15) is 67.1 Å². The molecule has 25 N–H and O–H groups in total. The lowest BCUT2D eigenvalue weighted by Crippen LogP contribution is -2.69. The molecule has 2 saturated heterocycles. The van der Waals surface area contributed by atoms with Crippen molar-refractivity contribution in [3.63, 3.8) is 0 Å². The smallest absolute Gasteiger partial charge is 0.302 e. The second-order valence-corrected chi connectivity index (χ2v) is 13.2. The maximum absolute atomic E-state index is 12.6. The first-order valence-electron chi connectivity index (χ1n) is 16.7. The van der Waals surface area contributed by atoms with Crippen molar-refractivity contribution < 1.29 is 69.4 Å². The van der Waals surface area contributed by atoms with Gasteiger partial charge >= 0.3 is 5.91 Å². The van der Waals surface area contributed by atoms with Crippen molar-refractivity contribution >= 4 is 41.0 Å². The Morgan fingerprint density at radius 2 is 1.47 bits per heavy atom. The van der Waals surface area contributed by atoms with Gasteiger partial charge in [-0.1, -0.05) is 11.6 Å². The van der Waals surface area contributed by atoms with Crippen LogP contribution in [0.25, 0.3) is 0 Å². The van der Waals surface area contributed by atoms with Crippen molar-refractivity contribution in [1.82, 2.24) is 15.3 Å². The lowest BCUT2D eigenvalue weighted by molar-refractivity contribution is -0.332. The standard InChI is InChI=1S/C22H43N5O13.C6H8ClN7O/c23-2-1-8(29)20(36)27-7-3-6(25)18(39-22-16(34)15(33)13(31)9(4-24)37-22)17(35)19(7)40-21-14(32)11(26)12(30)10(5-28)38-21;7-2-4(9)13-3(8)1(12-2)5(15)14-6(10)11/h6-19,21-22,28-35H,1-5,23-26H2,(H,27,36);(H4,8,9,13)(H4,10,11,14,15)/t6-,7+,8-,9+,10+,11-,12+,13+,14+,15-,16+,17-,18+,19-,21+,22+;/m0./s1. The van der Waals surface area contributed by atoms with Gasteiger partial charge in [0.05, 0.1) is 18.7 Å². The van der Waals surface area contributed by atoms with Gasteiger partial charge in [0.2, 0.25) is 5.91 Å². The second-order valence-electron chi connectivity index (χ2n) is 12.8. The van der Waals surface area contributed by atoms with E-state index in [1.165, 1.54) is 0 Å². The van der Waals surface area contributed by atoms with Crippen molar-refractivity contribution in [2.45, 2.75) is 111 Å². The van der Waals surface area contributed by atoms with Gasteiger partial charge < -0.3 is 111 Å². The number of aliphatic imine (C=N–C) groups is 1. The first-order valence-corrected chi connectivity index (χ1v) is 17.1. The number of nitrogens with zero attached hydrogens (tertiary/aromatic N) is 3. The number of carbonyl (C=O) groups excluding carboxylic acids is 2. The van der Waals surface area contributed by atoms with E-state index in [2.05, 4.69) is 20.3 Å². The minimum absolute atomic E-state index is 0.0101. The van der Waals surface area contributed by atoms with E-state index in [1.54, 1.807) is 0 Å². The van der Waals surface area contributed by atoms with E-state index in [1.807, 2.05) is 0 Å². The molecule has 0 aromatic carbocycles. The van der Waals surface area contributed by atoms with Crippen LogP contribution in [-0.2, 0) is 23.7 Å². The highest BCUT2D eigenvalue weighted by molar-refractivity contribution is 6.31. The Kier molecular flexibility index (Phi) is 17.0. The molecule has 2 aliphatic heterocycles. The number of nitrogen functional groups attached to an aromatic ring is 2. The van der Waals surface area contributed by atoms with Crippen LogP contribution in [0.4, 0.5) is 11.6 Å². The average Bonchev–Trinajstić information content (AvgIpc) is 3.12. The van der Waals surface area contributed by atoms with Crippen molar-refractivity contribution in [3.05, 3.63) is 10.8 Å². The number of halogens is 1. The Hall–Kier alpha value is -3.26. The number of guanidine groups is 1. The molecule has 16 atom stereocenters. The number of aromatic nitrogens is 2. The zero-order valence-corrected chi connectivity index (χ0v) is 29.9. The fourth-order valence-corrected chi connectivity index (χ4v) is 5.96. The Balaban J connectivity index is 0.000000452. The fourth-order valence-electron chi connectivity index (χ4n) is 5.84. The van der Waals surface area contributed by atoms with Crippen LogP contribution in [0.1, 0.15) is 23.3 Å². The summed E-state index contributed by atoms with van der Waals surface area (Å²) in [6.45, 7) is -0.898. The lowest BCUT2D eigenvalue weighted by Gasteiger charge is -2.49. The highest BCUT2D eigenvalue weighted by atomic mass is 35.5. The summed E-state index contributed by atoms with van der Waals surface area (Å²) < 4.78 is 22.5. The van der Waals surface area contributed by atoms with E-state index in [0.717, 1.165) is 0 Å². The molecule has 26 nitrogen and oxygen atoms in total. The fraction of sp³-hybridized carbons (Fsp3) is 0.750. The second kappa shape index (κ2) is 20.2. The van der Waals surface area contributed by atoms with Crippen LogP contribution in [0, 0.1) is 0 Å². The maximum atomic E-state index is 12.6. The largest absolute Gasteiger partial charge is 0.394 e. The number of nitrogens with one attached hydrogen (secondary N) is 1. The van der Waals surface area contributed by atoms with Crippen LogP contribution in [0.3, 0.4) is 0 Å². The molecule has 1 saturated carbocycles. The first kappa shape index (κ1) is 46.1. The van der Waals surface area contributed by atoms with Gasteiger partial charge in [0.25, 0.3) is 0 Å². The van der Waals surface area contributed by atoms with Crippen molar-refractivity contribution in [2.75, 3.05) is 31.2 Å². The van der Waals surface area contributed by atoms with Crippen LogP contribution in [0.2, 0.25) is 5.15 Å². The number of aliphatic hydroxyl groups is 8. The summed E-state index contributed by atoms with van der Waals surface area (Å²) in [4.78, 5) is 34.3. The molecule has 27 heteroatoms. The number of ether oxygens (including phenoxy) is 4. The van der Waals surface area contributed by atoms with Gasteiger partial charge in [-0.2, -0.15) is 4.99 Å². The molecule has 2 amide bonds. The lowest BCUT2D eigenvalue weighted by atomic mass is 9.83. The van der Waals surface area contributed by atoms with E-state index in [9.17, 15) is 50.4 Å². The molecule has 0 spiro atoms. The third-order valence-electron chi connectivity index (χ3n) is 8.85. The summed E-state index contributed by atoms with van der Waals surface area (Å²) in [5, 5.41) is 84.7. The van der Waals surface area contributed by atoms with Crippen LogP contribution in [0.5, 0.6) is 0 Å². The molecule has 55 heavy (non-hydrogen) atoms. The third-order valence-corrected chi connectivity index (χ3v) is 9.13. The number of rotatable bonds is 11. The highest BCUT2D eigenvalue weighted by Gasteiger charge is 2.52. The van der Waals surface area contributed by atoms with E-state index in [-0.39, 0.29) is 48.4 Å². The van der Waals surface area contributed by atoms with Crippen LogP contribution in [0.15, 0.2) is 4.99 Å². The molecular formula is C28H51ClN12O14. The summed E-state index contributed by atoms with van der Waals surface area (Å²) in [5.74, 6) is -2.35. The molecule has 0 radical (unpaired) electrons. The monoisotopic (exact) mass is 814 g/mol. The van der Waals surface area contributed by atoms with E-state index >= 15 is 0 Å². The zero-order chi connectivity index (χ0) is 41.5. The number of amides is 2. The molecule has 0 bridgehead atoms.